The number of ether oxygens (including phenoxy) is 1. The van der Waals surface area contributed by atoms with Crippen LogP contribution in [0.2, 0.25) is 0 Å². The standard InChI is InChI=1S/C15H10F4N2O5/c16-14(17)15(18,19)26-10-4-2-9(3-5-10)20-11-6-1-8(13(22)23)7-12(11)21(24)25/h1-7,14,20H,(H,22,23). The predicted octanol–water partition coefficient (Wildman–Crippen LogP) is 4.27. The smallest absolute Gasteiger partial charge is 0.461 e. The Morgan fingerprint density at radius 3 is 2.31 bits per heavy atom. The lowest BCUT2D eigenvalue weighted by Gasteiger charge is -2.17. The quantitative estimate of drug-likeness (QED) is 0.426. The average Bonchev–Trinajstić information content (AvgIpc) is 2.56. The van der Waals surface area contributed by atoms with Crippen LogP contribution >= 0.6 is 0 Å². The number of nitrogens with one attached hydrogen (secondary N) is 1. The molecule has 0 aromatic heterocycles. The van der Waals surface area contributed by atoms with Gasteiger partial charge < -0.3 is 15.2 Å². The van der Waals surface area contributed by atoms with E-state index in [9.17, 15) is 32.5 Å². The van der Waals surface area contributed by atoms with Crippen LogP contribution in [0.4, 0.5) is 34.6 Å². The Balaban J connectivity index is 2.21. The average molecular weight is 374 g/mol. The molecule has 0 unspecified atom stereocenters. The van der Waals surface area contributed by atoms with Crippen molar-refractivity contribution in [2.24, 2.45) is 0 Å². The summed E-state index contributed by atoms with van der Waals surface area (Å²) in [7, 11) is 0. The van der Waals surface area contributed by atoms with Crippen molar-refractivity contribution in [3.05, 3.63) is 58.1 Å². The Hall–Kier alpha value is -3.37. The number of nitro benzene ring substituents is 1. The molecule has 0 aliphatic carbocycles. The van der Waals surface area contributed by atoms with Crippen LogP contribution in [0.15, 0.2) is 42.5 Å². The minimum Gasteiger partial charge on any atom is -0.478 e. The van der Waals surface area contributed by atoms with Crippen LogP contribution in [0.25, 0.3) is 0 Å². The molecule has 2 rings (SSSR count). The van der Waals surface area contributed by atoms with Crippen molar-refractivity contribution < 1.29 is 37.1 Å². The number of aromatic carboxylic acids is 1. The fraction of sp³-hybridized carbons (Fsp3) is 0.133. The highest BCUT2D eigenvalue weighted by molar-refractivity contribution is 5.90. The van der Waals surface area contributed by atoms with E-state index in [4.69, 9.17) is 5.11 Å². The van der Waals surface area contributed by atoms with Crippen molar-refractivity contribution in [3.8, 4) is 5.75 Å². The minimum atomic E-state index is -4.65. The van der Waals surface area contributed by atoms with Crippen LogP contribution in [-0.2, 0) is 0 Å². The number of carbonyl (C=O) groups is 1. The van der Waals surface area contributed by atoms with Crippen LogP contribution in [-0.4, -0.2) is 28.5 Å². The first-order valence-electron chi connectivity index (χ1n) is 6.84. The molecule has 26 heavy (non-hydrogen) atoms. The molecule has 0 bridgehead atoms. The molecule has 0 atom stereocenters. The van der Waals surface area contributed by atoms with Gasteiger partial charge in [-0.05, 0) is 36.4 Å². The van der Waals surface area contributed by atoms with Gasteiger partial charge in [-0.3, -0.25) is 10.1 Å². The number of hydrogen-bond donors (Lipinski definition) is 2. The topological polar surface area (TPSA) is 102 Å². The molecule has 0 aliphatic rings. The molecule has 0 heterocycles. The molecule has 2 aromatic carbocycles. The first-order chi connectivity index (χ1) is 12.1. The highest BCUT2D eigenvalue weighted by Crippen LogP contribution is 2.31. The number of hydrogen-bond acceptors (Lipinski definition) is 5. The number of halogens is 4. The zero-order chi connectivity index (χ0) is 19.5. The summed E-state index contributed by atoms with van der Waals surface area (Å²) in [5.74, 6) is -1.88. The summed E-state index contributed by atoms with van der Waals surface area (Å²) in [4.78, 5) is 21.1. The molecule has 2 aromatic rings. The first kappa shape index (κ1) is 19.0. The third-order valence-corrected chi connectivity index (χ3v) is 3.08. The highest BCUT2D eigenvalue weighted by atomic mass is 19.3. The summed E-state index contributed by atoms with van der Waals surface area (Å²) < 4.78 is 53.7. The Morgan fingerprint density at radius 1 is 1.19 bits per heavy atom. The van der Waals surface area contributed by atoms with Crippen molar-refractivity contribution in [3.63, 3.8) is 0 Å². The Labute approximate surface area is 143 Å². The summed E-state index contributed by atoms with van der Waals surface area (Å²) >= 11 is 0. The van der Waals surface area contributed by atoms with E-state index < -0.39 is 34.9 Å². The predicted molar refractivity (Wildman–Crippen MR) is 81.4 cm³/mol. The van der Waals surface area contributed by atoms with Crippen molar-refractivity contribution in [1.29, 1.82) is 0 Å². The number of rotatable bonds is 7. The van der Waals surface area contributed by atoms with Gasteiger partial charge >= 0.3 is 18.5 Å². The normalized spacial score (nSPS) is 11.3. The second-order valence-corrected chi connectivity index (χ2v) is 4.91. The molecule has 0 saturated carbocycles. The Kier molecular flexibility index (Phi) is 5.29. The third-order valence-electron chi connectivity index (χ3n) is 3.08. The zero-order valence-electron chi connectivity index (χ0n) is 12.7. The fourth-order valence-corrected chi connectivity index (χ4v) is 1.88. The van der Waals surface area contributed by atoms with Crippen LogP contribution < -0.4 is 10.1 Å². The molecule has 2 N–H and O–H groups in total. The largest absolute Gasteiger partial charge is 0.478 e. The second kappa shape index (κ2) is 7.25. The highest BCUT2D eigenvalue weighted by Gasteiger charge is 2.43. The molecular weight excluding hydrogens is 364 g/mol. The SMILES string of the molecule is O=C(O)c1ccc(Nc2ccc(OC(F)(F)C(F)F)cc2)c([N+](=O)[O-])c1. The Morgan fingerprint density at radius 2 is 1.81 bits per heavy atom. The number of carboxylic acid groups (broad SMARTS) is 1. The maximum absolute atomic E-state index is 12.8. The van der Waals surface area contributed by atoms with Gasteiger partial charge in [-0.1, -0.05) is 0 Å². The van der Waals surface area contributed by atoms with Crippen LogP contribution in [0.5, 0.6) is 5.75 Å². The van der Waals surface area contributed by atoms with E-state index in [-0.39, 0.29) is 16.9 Å². The monoisotopic (exact) mass is 374 g/mol. The second-order valence-electron chi connectivity index (χ2n) is 4.91. The van der Waals surface area contributed by atoms with Gasteiger partial charge in [-0.25, -0.2) is 4.79 Å². The molecule has 0 amide bonds. The van der Waals surface area contributed by atoms with E-state index in [1.807, 2.05) is 0 Å². The molecule has 11 heteroatoms. The molecular formula is C15H10F4N2O5. The fourth-order valence-electron chi connectivity index (χ4n) is 1.88. The summed E-state index contributed by atoms with van der Waals surface area (Å²) in [6, 6.07) is 7.43. The number of carboxylic acids is 1. The molecule has 0 saturated heterocycles. The number of nitrogens with zero attached hydrogens (tertiary/aromatic N) is 1. The van der Waals surface area contributed by atoms with Gasteiger partial charge in [0.1, 0.15) is 11.4 Å². The number of benzene rings is 2. The number of anilines is 2. The van der Waals surface area contributed by atoms with E-state index in [1.165, 1.54) is 12.1 Å². The van der Waals surface area contributed by atoms with Gasteiger partial charge in [-0.15, -0.1) is 0 Å². The van der Waals surface area contributed by atoms with Gasteiger partial charge in [0, 0.05) is 11.8 Å². The van der Waals surface area contributed by atoms with E-state index in [0.717, 1.165) is 30.3 Å². The molecule has 0 spiro atoms. The summed E-state index contributed by atoms with van der Waals surface area (Å²) in [5, 5.41) is 22.5. The molecule has 7 nitrogen and oxygen atoms in total. The molecule has 0 radical (unpaired) electrons. The Bertz CT molecular complexity index is 827. The van der Waals surface area contributed by atoms with Crippen molar-refractivity contribution in [2.75, 3.05) is 5.32 Å². The lowest BCUT2D eigenvalue weighted by molar-refractivity contribution is -0.383. The van der Waals surface area contributed by atoms with Crippen molar-refractivity contribution in [2.45, 2.75) is 12.5 Å². The van der Waals surface area contributed by atoms with Crippen LogP contribution in [0.1, 0.15) is 10.4 Å². The maximum atomic E-state index is 12.8. The summed E-state index contributed by atoms with van der Waals surface area (Å²) in [5.41, 5.74) is -0.662. The number of nitro groups is 1. The lowest BCUT2D eigenvalue weighted by atomic mass is 10.1. The summed E-state index contributed by atoms with van der Waals surface area (Å²) in [6.07, 6.45) is -8.66. The first-order valence-corrected chi connectivity index (χ1v) is 6.84. The number of alkyl halides is 4. The van der Waals surface area contributed by atoms with E-state index in [2.05, 4.69) is 10.1 Å². The van der Waals surface area contributed by atoms with Gasteiger partial charge in [-0.2, -0.15) is 17.6 Å². The van der Waals surface area contributed by atoms with Crippen molar-refractivity contribution in [1.82, 2.24) is 0 Å². The molecule has 0 aliphatic heterocycles. The zero-order valence-corrected chi connectivity index (χ0v) is 12.7. The maximum Gasteiger partial charge on any atom is 0.461 e. The van der Waals surface area contributed by atoms with Crippen LogP contribution in [0.3, 0.4) is 0 Å². The van der Waals surface area contributed by atoms with Crippen molar-refractivity contribution >= 4 is 23.0 Å². The van der Waals surface area contributed by atoms with Crippen LogP contribution in [0, 0.1) is 10.1 Å². The van der Waals surface area contributed by atoms with E-state index in [1.54, 1.807) is 0 Å². The van der Waals surface area contributed by atoms with Gasteiger partial charge in [0.05, 0.1) is 10.5 Å². The van der Waals surface area contributed by atoms with E-state index >= 15 is 0 Å². The minimum absolute atomic E-state index is 0.0495. The van der Waals surface area contributed by atoms with Gasteiger partial charge in [0.2, 0.25) is 0 Å². The van der Waals surface area contributed by atoms with Gasteiger partial charge in [0.15, 0.2) is 0 Å². The molecule has 0 fully saturated rings. The lowest BCUT2D eigenvalue weighted by Crippen LogP contribution is -2.33. The molecule has 138 valence electrons. The van der Waals surface area contributed by atoms with Gasteiger partial charge in [0.25, 0.3) is 5.69 Å². The third kappa shape index (κ3) is 4.37. The van der Waals surface area contributed by atoms with E-state index in [0.29, 0.717) is 0 Å². The summed E-state index contributed by atoms with van der Waals surface area (Å²) in [6.45, 7) is 0.